The van der Waals surface area contributed by atoms with Gasteiger partial charge >= 0.3 is 0 Å². The number of aryl methyl sites for hydroxylation is 2. The summed E-state index contributed by atoms with van der Waals surface area (Å²) in [5.41, 5.74) is 5.16. The minimum atomic E-state index is -0.462. The molecule has 4 aromatic rings. The highest BCUT2D eigenvalue weighted by molar-refractivity contribution is 5.51. The van der Waals surface area contributed by atoms with Gasteiger partial charge < -0.3 is 14.9 Å². The fraction of sp³-hybridized carbons (Fsp3) is 0.133. The molecular formula is C30H31F2N3O2. The van der Waals surface area contributed by atoms with Crippen molar-refractivity contribution in [3.8, 4) is 0 Å². The van der Waals surface area contributed by atoms with Crippen molar-refractivity contribution in [3.63, 3.8) is 0 Å². The molecule has 0 fully saturated rings. The number of anilines is 1. The Morgan fingerprint density at radius 2 is 1.46 bits per heavy atom. The molecule has 0 saturated carbocycles. The number of carbonyl (C=O) groups excluding carboxylic acids is 2. The lowest BCUT2D eigenvalue weighted by Gasteiger charge is -2.22. The third kappa shape index (κ3) is 8.58. The summed E-state index contributed by atoms with van der Waals surface area (Å²) in [5, 5.41) is 3.31. The van der Waals surface area contributed by atoms with E-state index in [1.165, 1.54) is 12.1 Å². The van der Waals surface area contributed by atoms with Crippen LogP contribution < -0.4 is 5.32 Å². The standard InChI is InChI=1S/C26H23F2N3.C2H4.2CH2O/c1-17-3-5-20(6-4-17)26(23-13-21(27)7-8-24(23)28)22-14-25(30-15-18(22)2)31-16-19-9-11-29-12-10-19;3*1-2/h3-15,26H,16H2,1-2H3,(H,30,31);1-2H2;2*1H2. The van der Waals surface area contributed by atoms with Crippen molar-refractivity contribution >= 4 is 19.4 Å². The van der Waals surface area contributed by atoms with Crippen LogP contribution >= 0.6 is 0 Å². The molecule has 1 atom stereocenters. The number of carbonyl (C=O) groups is 2. The van der Waals surface area contributed by atoms with Crippen LogP contribution in [0.15, 0.2) is 92.4 Å². The SMILES string of the molecule is C=C.C=O.C=O.Cc1ccc(C(c2cc(NCc3ccncc3)ncc2C)c2cc(F)ccc2F)cc1. The Morgan fingerprint density at radius 3 is 2.08 bits per heavy atom. The van der Waals surface area contributed by atoms with Gasteiger partial charge in [0.2, 0.25) is 0 Å². The van der Waals surface area contributed by atoms with Gasteiger partial charge in [-0.3, -0.25) is 4.98 Å². The summed E-state index contributed by atoms with van der Waals surface area (Å²) in [6.07, 6.45) is 5.25. The van der Waals surface area contributed by atoms with E-state index >= 15 is 0 Å². The molecule has 0 radical (unpaired) electrons. The van der Waals surface area contributed by atoms with Crippen LogP contribution in [0.25, 0.3) is 0 Å². The van der Waals surface area contributed by atoms with Gasteiger partial charge in [-0.1, -0.05) is 29.8 Å². The van der Waals surface area contributed by atoms with Gasteiger partial charge in [-0.2, -0.15) is 0 Å². The van der Waals surface area contributed by atoms with Crippen LogP contribution in [0.2, 0.25) is 0 Å². The molecule has 0 saturated heterocycles. The molecule has 0 spiro atoms. The van der Waals surface area contributed by atoms with Crippen molar-refractivity contribution in [1.29, 1.82) is 0 Å². The second-order valence-corrected chi connectivity index (χ2v) is 7.64. The molecule has 192 valence electrons. The van der Waals surface area contributed by atoms with E-state index < -0.39 is 17.6 Å². The average molecular weight is 504 g/mol. The Morgan fingerprint density at radius 1 is 0.838 bits per heavy atom. The molecule has 0 aliphatic heterocycles. The number of hydrogen-bond acceptors (Lipinski definition) is 5. The molecule has 5 nitrogen and oxygen atoms in total. The van der Waals surface area contributed by atoms with E-state index in [0.29, 0.717) is 17.9 Å². The first-order valence-corrected chi connectivity index (χ1v) is 11.2. The van der Waals surface area contributed by atoms with E-state index in [1.54, 1.807) is 18.6 Å². The van der Waals surface area contributed by atoms with E-state index in [1.807, 2.05) is 69.9 Å². The molecule has 1 N–H and O–H groups in total. The molecule has 7 heteroatoms. The van der Waals surface area contributed by atoms with Gasteiger partial charge in [-0.15, -0.1) is 13.2 Å². The highest BCUT2D eigenvalue weighted by atomic mass is 19.1. The number of aromatic nitrogens is 2. The summed E-state index contributed by atoms with van der Waals surface area (Å²) in [4.78, 5) is 24.5. The van der Waals surface area contributed by atoms with Crippen LogP contribution in [-0.4, -0.2) is 23.5 Å². The molecule has 0 aliphatic rings. The van der Waals surface area contributed by atoms with Gasteiger partial charge in [0.15, 0.2) is 0 Å². The zero-order chi connectivity index (χ0) is 27.8. The highest BCUT2D eigenvalue weighted by Gasteiger charge is 2.23. The molecule has 0 aliphatic carbocycles. The molecule has 4 rings (SSSR count). The van der Waals surface area contributed by atoms with Gasteiger partial charge in [0.1, 0.15) is 31.0 Å². The number of pyridine rings is 2. The molecule has 2 aromatic heterocycles. The predicted molar refractivity (Wildman–Crippen MR) is 145 cm³/mol. The first-order chi connectivity index (χ1) is 18.0. The molecule has 2 heterocycles. The Balaban J connectivity index is 0.00000106. The van der Waals surface area contributed by atoms with Crippen molar-refractivity contribution in [2.45, 2.75) is 26.3 Å². The fourth-order valence-corrected chi connectivity index (χ4v) is 3.66. The Bertz CT molecular complexity index is 1230. The van der Waals surface area contributed by atoms with Gasteiger partial charge in [0.05, 0.1) is 0 Å². The number of nitrogens with zero attached hydrogens (tertiary/aromatic N) is 2. The quantitative estimate of drug-likeness (QED) is 0.300. The van der Waals surface area contributed by atoms with E-state index in [9.17, 15) is 8.78 Å². The van der Waals surface area contributed by atoms with Gasteiger partial charge in [0.25, 0.3) is 0 Å². The third-order valence-corrected chi connectivity index (χ3v) is 5.36. The lowest BCUT2D eigenvalue weighted by Crippen LogP contribution is -2.10. The maximum atomic E-state index is 14.9. The topological polar surface area (TPSA) is 72.0 Å². The summed E-state index contributed by atoms with van der Waals surface area (Å²) in [6, 6.07) is 17.3. The maximum absolute atomic E-state index is 14.9. The molecule has 0 amide bonds. The van der Waals surface area contributed by atoms with Crippen LogP contribution in [0.3, 0.4) is 0 Å². The first kappa shape index (κ1) is 30.5. The second kappa shape index (κ2) is 16.2. The predicted octanol–water partition coefficient (Wildman–Crippen LogP) is 6.60. The number of rotatable bonds is 6. The monoisotopic (exact) mass is 503 g/mol. The van der Waals surface area contributed by atoms with E-state index in [4.69, 9.17) is 9.59 Å². The Labute approximate surface area is 216 Å². The smallest absolute Gasteiger partial charge is 0.127 e. The number of hydrogen-bond donors (Lipinski definition) is 1. The van der Waals surface area contributed by atoms with Crippen molar-refractivity contribution in [2.24, 2.45) is 0 Å². The summed E-state index contributed by atoms with van der Waals surface area (Å²) in [5.74, 6) is -0.683. The normalized spacial score (nSPS) is 10.3. The van der Waals surface area contributed by atoms with Crippen LogP contribution in [-0.2, 0) is 16.1 Å². The summed E-state index contributed by atoms with van der Waals surface area (Å²) >= 11 is 0. The van der Waals surface area contributed by atoms with Gasteiger partial charge in [-0.25, -0.2) is 13.8 Å². The lowest BCUT2D eigenvalue weighted by atomic mass is 9.83. The number of nitrogens with one attached hydrogen (secondary N) is 1. The van der Waals surface area contributed by atoms with E-state index in [2.05, 4.69) is 28.4 Å². The van der Waals surface area contributed by atoms with E-state index in [-0.39, 0.29) is 0 Å². The van der Waals surface area contributed by atoms with Gasteiger partial charge in [-0.05, 0) is 72.5 Å². The fourth-order valence-electron chi connectivity index (χ4n) is 3.66. The summed E-state index contributed by atoms with van der Waals surface area (Å²) < 4.78 is 29.0. The first-order valence-electron chi connectivity index (χ1n) is 11.2. The molecule has 0 bridgehead atoms. The molecular weight excluding hydrogens is 472 g/mol. The van der Waals surface area contributed by atoms with Crippen LogP contribution in [0.5, 0.6) is 0 Å². The van der Waals surface area contributed by atoms with Crippen molar-refractivity contribution in [1.82, 2.24) is 9.97 Å². The molecule has 1 unspecified atom stereocenters. The van der Waals surface area contributed by atoms with Crippen molar-refractivity contribution in [2.75, 3.05) is 5.32 Å². The lowest BCUT2D eigenvalue weighted by molar-refractivity contribution is -0.0987. The molecule has 2 aromatic carbocycles. The highest BCUT2D eigenvalue weighted by Crippen LogP contribution is 2.36. The van der Waals surface area contributed by atoms with Crippen LogP contribution in [0, 0.1) is 25.5 Å². The largest absolute Gasteiger partial charge is 0.366 e. The minimum Gasteiger partial charge on any atom is -0.366 e. The molecule has 37 heavy (non-hydrogen) atoms. The summed E-state index contributed by atoms with van der Waals surface area (Å²) in [7, 11) is 0. The summed E-state index contributed by atoms with van der Waals surface area (Å²) in [6.45, 7) is 14.5. The average Bonchev–Trinajstić information content (AvgIpc) is 2.96. The Kier molecular flexibility index (Phi) is 13.4. The van der Waals surface area contributed by atoms with Crippen molar-refractivity contribution < 1.29 is 18.4 Å². The Hall–Kier alpha value is -4.52. The zero-order valence-electron chi connectivity index (χ0n) is 21.1. The van der Waals surface area contributed by atoms with E-state index in [0.717, 1.165) is 33.9 Å². The third-order valence-electron chi connectivity index (χ3n) is 5.36. The van der Waals surface area contributed by atoms with Crippen LogP contribution in [0.4, 0.5) is 14.6 Å². The maximum Gasteiger partial charge on any atom is 0.127 e. The second-order valence-electron chi connectivity index (χ2n) is 7.64. The number of benzene rings is 2. The van der Waals surface area contributed by atoms with Crippen LogP contribution in [0.1, 0.15) is 39.3 Å². The van der Waals surface area contributed by atoms with Crippen molar-refractivity contribution in [3.05, 3.63) is 137 Å². The number of halogens is 2. The minimum absolute atomic E-state index is 0.304. The van der Waals surface area contributed by atoms with Gasteiger partial charge in [0, 0.05) is 36.6 Å². The zero-order valence-corrected chi connectivity index (χ0v) is 21.1.